The Morgan fingerprint density at radius 2 is 2.04 bits per heavy atom. The molecule has 1 aliphatic heterocycles. The van der Waals surface area contributed by atoms with Crippen molar-refractivity contribution in [3.8, 4) is 5.75 Å². The van der Waals surface area contributed by atoms with Gasteiger partial charge in [0.25, 0.3) is 5.91 Å². The van der Waals surface area contributed by atoms with Crippen LogP contribution in [0.5, 0.6) is 5.75 Å². The van der Waals surface area contributed by atoms with E-state index in [1.807, 2.05) is 0 Å². The zero-order chi connectivity index (χ0) is 18.7. The van der Waals surface area contributed by atoms with Crippen molar-refractivity contribution in [2.75, 3.05) is 29.4 Å². The number of fused-ring (bicyclic) bond motifs is 1. The molecular formula is C17H26N2O4S2. The van der Waals surface area contributed by atoms with E-state index < -0.39 is 16.1 Å². The molecule has 0 spiro atoms. The fourth-order valence-corrected chi connectivity index (χ4v) is 4.27. The standard InChI is InChI=1S/C17H26N2O4S2/c1-17(2,3)24-12-10-18-16(20)15-9-11-19(25(4,21)22)13-7-5-6-8-14(13)23-15/h5-8,15H,9-12H2,1-4H3,(H,18,20)/t15-/m1/s1. The number of anilines is 1. The van der Waals surface area contributed by atoms with Crippen LogP contribution >= 0.6 is 11.8 Å². The van der Waals surface area contributed by atoms with Gasteiger partial charge in [-0.15, -0.1) is 0 Å². The number of hydrogen-bond donors (Lipinski definition) is 1. The van der Waals surface area contributed by atoms with Gasteiger partial charge < -0.3 is 10.1 Å². The fourth-order valence-electron chi connectivity index (χ4n) is 2.50. The van der Waals surface area contributed by atoms with Gasteiger partial charge in [0.05, 0.1) is 11.9 Å². The van der Waals surface area contributed by atoms with Crippen molar-refractivity contribution in [1.29, 1.82) is 0 Å². The number of sulfonamides is 1. The number of carbonyl (C=O) groups excluding carboxylic acids is 1. The van der Waals surface area contributed by atoms with Crippen LogP contribution in [0.4, 0.5) is 5.69 Å². The second-order valence-electron chi connectivity index (χ2n) is 6.95. The van der Waals surface area contributed by atoms with Crippen molar-refractivity contribution in [2.24, 2.45) is 0 Å². The molecule has 1 atom stereocenters. The normalized spacial score (nSPS) is 18.1. The molecule has 1 heterocycles. The Morgan fingerprint density at radius 3 is 2.68 bits per heavy atom. The third kappa shape index (κ3) is 5.81. The van der Waals surface area contributed by atoms with Gasteiger partial charge in [0.15, 0.2) is 6.10 Å². The van der Waals surface area contributed by atoms with Crippen molar-refractivity contribution in [3.63, 3.8) is 0 Å². The molecule has 0 radical (unpaired) electrons. The van der Waals surface area contributed by atoms with Gasteiger partial charge in [-0.2, -0.15) is 11.8 Å². The number of amides is 1. The van der Waals surface area contributed by atoms with Gasteiger partial charge in [-0.3, -0.25) is 9.10 Å². The first-order chi connectivity index (χ1) is 11.6. The third-order valence-corrected chi connectivity index (χ3v) is 6.08. The number of hydrogen-bond acceptors (Lipinski definition) is 5. The quantitative estimate of drug-likeness (QED) is 0.786. The summed E-state index contributed by atoms with van der Waals surface area (Å²) in [5, 5.41) is 2.88. The largest absolute Gasteiger partial charge is 0.478 e. The maximum absolute atomic E-state index is 12.4. The average molecular weight is 387 g/mol. The summed E-state index contributed by atoms with van der Waals surface area (Å²) < 4.78 is 31.4. The Hall–Kier alpha value is -1.41. The van der Waals surface area contributed by atoms with Crippen LogP contribution in [0.2, 0.25) is 0 Å². The van der Waals surface area contributed by atoms with E-state index in [1.165, 1.54) is 4.31 Å². The molecule has 1 aromatic rings. The van der Waals surface area contributed by atoms with Gasteiger partial charge >= 0.3 is 0 Å². The van der Waals surface area contributed by atoms with Gasteiger partial charge in [-0.25, -0.2) is 8.42 Å². The van der Waals surface area contributed by atoms with E-state index >= 15 is 0 Å². The molecule has 0 fully saturated rings. The van der Waals surface area contributed by atoms with Crippen molar-refractivity contribution in [1.82, 2.24) is 5.32 Å². The van der Waals surface area contributed by atoms with Crippen molar-refractivity contribution in [2.45, 2.75) is 38.0 Å². The van der Waals surface area contributed by atoms with E-state index in [0.29, 0.717) is 24.4 Å². The Balaban J connectivity index is 2.04. The van der Waals surface area contributed by atoms with E-state index in [0.717, 1.165) is 12.0 Å². The van der Waals surface area contributed by atoms with Crippen molar-refractivity contribution < 1.29 is 17.9 Å². The summed E-state index contributed by atoms with van der Waals surface area (Å²) in [6.45, 7) is 7.16. The van der Waals surface area contributed by atoms with Gasteiger partial charge in [-0.05, 0) is 12.1 Å². The second kappa shape index (κ2) is 7.86. The van der Waals surface area contributed by atoms with E-state index in [2.05, 4.69) is 26.1 Å². The number of para-hydroxylation sites is 2. The second-order valence-corrected chi connectivity index (χ2v) is 10.8. The van der Waals surface area contributed by atoms with E-state index in [1.54, 1.807) is 36.0 Å². The molecule has 1 N–H and O–H groups in total. The minimum Gasteiger partial charge on any atom is -0.478 e. The summed E-state index contributed by atoms with van der Waals surface area (Å²) in [4.78, 5) is 12.4. The summed E-state index contributed by atoms with van der Waals surface area (Å²) in [7, 11) is -3.43. The predicted molar refractivity (Wildman–Crippen MR) is 103 cm³/mol. The highest BCUT2D eigenvalue weighted by Gasteiger charge is 2.30. The van der Waals surface area contributed by atoms with Crippen LogP contribution in [0.25, 0.3) is 0 Å². The summed E-state index contributed by atoms with van der Waals surface area (Å²) in [6, 6.07) is 6.90. The lowest BCUT2D eigenvalue weighted by Crippen LogP contribution is -2.40. The molecule has 0 unspecified atom stereocenters. The first-order valence-corrected chi connectivity index (χ1v) is 11.1. The maximum atomic E-state index is 12.4. The van der Waals surface area contributed by atoms with E-state index in [-0.39, 0.29) is 17.2 Å². The summed E-state index contributed by atoms with van der Waals surface area (Å²) >= 11 is 1.78. The summed E-state index contributed by atoms with van der Waals surface area (Å²) in [5.74, 6) is 1.02. The fraction of sp³-hybridized carbons (Fsp3) is 0.588. The molecule has 0 aromatic heterocycles. The molecule has 6 nitrogen and oxygen atoms in total. The molecule has 0 saturated heterocycles. The molecule has 0 bridgehead atoms. The lowest BCUT2D eigenvalue weighted by Gasteiger charge is -2.20. The van der Waals surface area contributed by atoms with Crippen molar-refractivity contribution >= 4 is 33.4 Å². The SMILES string of the molecule is CC(C)(C)SCCNC(=O)[C@H]1CCN(S(C)(=O)=O)c2ccccc2O1. The number of benzene rings is 1. The smallest absolute Gasteiger partial charge is 0.261 e. The average Bonchev–Trinajstić information content (AvgIpc) is 2.69. The number of ether oxygens (including phenoxy) is 1. The molecule has 2 rings (SSSR count). The lowest BCUT2D eigenvalue weighted by atomic mass is 10.2. The number of thioether (sulfide) groups is 1. The molecule has 0 aliphatic carbocycles. The van der Waals surface area contributed by atoms with Crippen LogP contribution < -0.4 is 14.4 Å². The molecule has 25 heavy (non-hydrogen) atoms. The van der Waals surface area contributed by atoms with Crippen LogP contribution in [0.15, 0.2) is 24.3 Å². The van der Waals surface area contributed by atoms with Gasteiger partial charge in [-0.1, -0.05) is 32.9 Å². The Kier molecular flexibility index (Phi) is 6.26. The van der Waals surface area contributed by atoms with Crippen LogP contribution in [0.3, 0.4) is 0 Å². The Morgan fingerprint density at radius 1 is 1.36 bits per heavy atom. The number of rotatable bonds is 5. The first kappa shape index (κ1) is 19.9. The monoisotopic (exact) mass is 386 g/mol. The minimum absolute atomic E-state index is 0.151. The first-order valence-electron chi connectivity index (χ1n) is 8.23. The third-order valence-electron chi connectivity index (χ3n) is 3.63. The minimum atomic E-state index is -3.43. The van der Waals surface area contributed by atoms with Crippen LogP contribution in [0, 0.1) is 0 Å². The summed E-state index contributed by atoms with van der Waals surface area (Å²) in [5.41, 5.74) is 0.476. The molecule has 140 valence electrons. The topological polar surface area (TPSA) is 75.7 Å². The van der Waals surface area contributed by atoms with E-state index in [4.69, 9.17) is 4.74 Å². The van der Waals surface area contributed by atoms with Gasteiger partial charge in [0, 0.05) is 30.0 Å². The van der Waals surface area contributed by atoms with Gasteiger partial charge in [0.2, 0.25) is 10.0 Å². The lowest BCUT2D eigenvalue weighted by molar-refractivity contribution is -0.127. The molecule has 0 saturated carbocycles. The Bertz CT molecular complexity index is 714. The highest BCUT2D eigenvalue weighted by molar-refractivity contribution is 8.00. The highest BCUT2D eigenvalue weighted by atomic mass is 32.2. The zero-order valence-corrected chi connectivity index (χ0v) is 16.7. The maximum Gasteiger partial charge on any atom is 0.261 e. The molecule has 1 amide bonds. The highest BCUT2D eigenvalue weighted by Crippen LogP contribution is 2.33. The van der Waals surface area contributed by atoms with Crippen molar-refractivity contribution in [3.05, 3.63) is 24.3 Å². The number of nitrogens with zero attached hydrogens (tertiary/aromatic N) is 1. The predicted octanol–water partition coefficient (Wildman–Crippen LogP) is 2.25. The Labute approximate surface area is 154 Å². The van der Waals surface area contributed by atoms with Gasteiger partial charge in [0.1, 0.15) is 5.75 Å². The van der Waals surface area contributed by atoms with Crippen LogP contribution in [-0.2, 0) is 14.8 Å². The zero-order valence-electron chi connectivity index (χ0n) is 15.1. The van der Waals surface area contributed by atoms with Crippen LogP contribution in [0.1, 0.15) is 27.2 Å². The molecule has 1 aliphatic rings. The van der Waals surface area contributed by atoms with Crippen LogP contribution in [-0.4, -0.2) is 50.3 Å². The molecular weight excluding hydrogens is 360 g/mol. The molecule has 1 aromatic carbocycles. The number of nitrogens with one attached hydrogen (secondary N) is 1. The number of carbonyl (C=O) groups is 1. The summed E-state index contributed by atoms with van der Waals surface area (Å²) in [6.07, 6.45) is 0.765. The molecule has 8 heteroatoms. The van der Waals surface area contributed by atoms with E-state index in [9.17, 15) is 13.2 Å².